The zero-order chi connectivity index (χ0) is 15.3. The highest BCUT2D eigenvalue weighted by atomic mass is 35.5. The molecule has 0 radical (unpaired) electrons. The summed E-state index contributed by atoms with van der Waals surface area (Å²) in [4.78, 5) is 9.29. The first kappa shape index (κ1) is 13.4. The van der Waals surface area contributed by atoms with Crippen molar-refractivity contribution in [1.82, 2.24) is 14.9 Å². The van der Waals surface area contributed by atoms with Crippen LogP contribution in [0.25, 0.3) is 11.3 Å². The van der Waals surface area contributed by atoms with Crippen LogP contribution in [0, 0.1) is 6.92 Å². The molecule has 0 fully saturated rings. The van der Waals surface area contributed by atoms with Crippen molar-refractivity contribution in [2.75, 3.05) is 7.11 Å². The highest BCUT2D eigenvalue weighted by Gasteiger charge is 2.31. The largest absolute Gasteiger partial charge is 0.497 e. The Hall–Kier alpha value is -2.27. The number of aryl methyl sites for hydroxylation is 1. The van der Waals surface area contributed by atoms with E-state index in [-0.39, 0.29) is 12.2 Å². The van der Waals surface area contributed by atoms with Gasteiger partial charge in [0.2, 0.25) is 0 Å². The average molecular weight is 315 g/mol. The lowest BCUT2D eigenvalue weighted by atomic mass is 10.1. The van der Waals surface area contributed by atoms with E-state index < -0.39 is 0 Å². The molecule has 0 bridgehead atoms. The predicted octanol–water partition coefficient (Wildman–Crippen LogP) is 2.94. The lowest BCUT2D eigenvalue weighted by molar-refractivity contribution is 0.415. The van der Waals surface area contributed by atoms with Crippen LogP contribution in [0.2, 0.25) is 5.02 Å². The Morgan fingerprint density at radius 3 is 3.00 bits per heavy atom. The van der Waals surface area contributed by atoms with Crippen molar-refractivity contribution in [2.45, 2.75) is 19.1 Å². The number of fused-ring (bicyclic) bond motifs is 3. The van der Waals surface area contributed by atoms with Gasteiger partial charge in [-0.3, -0.25) is 4.99 Å². The van der Waals surface area contributed by atoms with E-state index in [4.69, 9.17) is 21.3 Å². The number of aliphatic imine (C=N–C) groups is 1. The molecule has 0 amide bonds. The van der Waals surface area contributed by atoms with Crippen LogP contribution in [0.1, 0.15) is 17.6 Å². The van der Waals surface area contributed by atoms with Gasteiger partial charge in [0.15, 0.2) is 0 Å². The van der Waals surface area contributed by atoms with Crippen LogP contribution in [0.4, 0.5) is 0 Å². The summed E-state index contributed by atoms with van der Waals surface area (Å²) in [6.07, 6.45) is 5.98. The predicted molar refractivity (Wildman–Crippen MR) is 86.7 cm³/mol. The standard InChI is InChI=1S/C16H15ClN4O/c1-9-20-15(11-4-3-10(22-2)7-12(11)17)14-8-19-16-13(21(9)14)5-6-18-16/h3-8,13,16,18H,1-2H3. The Bertz CT molecular complexity index is 809. The second kappa shape index (κ2) is 4.88. The number of hydrogen-bond donors (Lipinski definition) is 1. The second-order valence-electron chi connectivity index (χ2n) is 5.35. The van der Waals surface area contributed by atoms with Crippen LogP contribution in [0.5, 0.6) is 5.75 Å². The number of ether oxygens (including phenoxy) is 1. The van der Waals surface area contributed by atoms with Gasteiger partial charge in [0, 0.05) is 11.8 Å². The SMILES string of the molecule is COc1ccc(-c2nc(C)n3c2C=NC2NC=CC23)c(Cl)c1. The molecule has 3 heterocycles. The maximum atomic E-state index is 6.41. The quantitative estimate of drug-likeness (QED) is 0.927. The molecule has 1 aromatic heterocycles. The third-order valence-electron chi connectivity index (χ3n) is 4.10. The maximum absolute atomic E-state index is 6.41. The minimum Gasteiger partial charge on any atom is -0.497 e. The summed E-state index contributed by atoms with van der Waals surface area (Å²) in [6, 6.07) is 5.80. The summed E-state index contributed by atoms with van der Waals surface area (Å²) in [5.41, 5.74) is 2.73. The van der Waals surface area contributed by atoms with Crippen molar-refractivity contribution in [3.05, 3.63) is 47.0 Å². The van der Waals surface area contributed by atoms with Crippen LogP contribution in [0.15, 0.2) is 35.5 Å². The number of imidazole rings is 1. The van der Waals surface area contributed by atoms with Crippen LogP contribution in [-0.2, 0) is 0 Å². The van der Waals surface area contributed by atoms with Crippen LogP contribution in [-0.4, -0.2) is 29.0 Å². The molecule has 1 aromatic carbocycles. The molecule has 0 spiro atoms. The number of rotatable bonds is 2. The second-order valence-corrected chi connectivity index (χ2v) is 5.76. The van der Waals surface area contributed by atoms with E-state index >= 15 is 0 Å². The molecule has 4 rings (SSSR count). The fourth-order valence-corrected chi connectivity index (χ4v) is 3.30. The molecule has 112 valence electrons. The topological polar surface area (TPSA) is 51.4 Å². The molecule has 1 N–H and O–H groups in total. The Morgan fingerprint density at radius 2 is 2.23 bits per heavy atom. The first-order valence-electron chi connectivity index (χ1n) is 7.07. The molecule has 0 saturated carbocycles. The smallest absolute Gasteiger partial charge is 0.143 e. The first-order chi connectivity index (χ1) is 10.7. The van der Waals surface area contributed by atoms with E-state index in [0.717, 1.165) is 28.5 Å². The highest BCUT2D eigenvalue weighted by Crippen LogP contribution is 2.36. The van der Waals surface area contributed by atoms with Gasteiger partial charge in [-0.05, 0) is 37.4 Å². The molecule has 22 heavy (non-hydrogen) atoms. The summed E-state index contributed by atoms with van der Waals surface area (Å²) in [5.74, 6) is 1.68. The molecule has 2 unspecified atom stereocenters. The van der Waals surface area contributed by atoms with E-state index in [1.54, 1.807) is 13.2 Å². The Labute approximate surface area is 133 Å². The van der Waals surface area contributed by atoms with Crippen molar-refractivity contribution in [2.24, 2.45) is 4.99 Å². The van der Waals surface area contributed by atoms with Gasteiger partial charge in [-0.15, -0.1) is 0 Å². The van der Waals surface area contributed by atoms with Crippen molar-refractivity contribution in [3.8, 4) is 17.0 Å². The van der Waals surface area contributed by atoms with Gasteiger partial charge in [0.05, 0.1) is 29.6 Å². The Morgan fingerprint density at radius 1 is 1.36 bits per heavy atom. The molecule has 0 saturated heterocycles. The summed E-state index contributed by atoms with van der Waals surface area (Å²) < 4.78 is 7.41. The van der Waals surface area contributed by atoms with Gasteiger partial charge in [0.1, 0.15) is 17.7 Å². The molecule has 5 nitrogen and oxygen atoms in total. The fourth-order valence-electron chi connectivity index (χ4n) is 3.04. The normalized spacial score (nSPS) is 21.4. The lowest BCUT2D eigenvalue weighted by Gasteiger charge is -2.24. The fraction of sp³-hybridized carbons (Fsp3) is 0.250. The third kappa shape index (κ3) is 1.85. The minimum absolute atomic E-state index is 0.0552. The van der Waals surface area contributed by atoms with Gasteiger partial charge >= 0.3 is 0 Å². The summed E-state index contributed by atoms with van der Waals surface area (Å²) in [5, 5.41) is 3.85. The third-order valence-corrected chi connectivity index (χ3v) is 4.41. The molecule has 0 aliphatic carbocycles. The van der Waals surface area contributed by atoms with Gasteiger partial charge < -0.3 is 14.6 Å². The number of hydrogen-bond acceptors (Lipinski definition) is 4. The lowest BCUT2D eigenvalue weighted by Crippen LogP contribution is -2.31. The number of methoxy groups -OCH3 is 1. The first-order valence-corrected chi connectivity index (χ1v) is 7.45. The van der Waals surface area contributed by atoms with E-state index in [9.17, 15) is 0 Å². The number of halogens is 1. The monoisotopic (exact) mass is 314 g/mol. The highest BCUT2D eigenvalue weighted by molar-refractivity contribution is 6.33. The van der Waals surface area contributed by atoms with E-state index in [0.29, 0.717) is 5.02 Å². The minimum atomic E-state index is 0.0552. The maximum Gasteiger partial charge on any atom is 0.143 e. The number of nitrogens with one attached hydrogen (secondary N) is 1. The average Bonchev–Trinajstić information content (AvgIpc) is 3.11. The summed E-state index contributed by atoms with van der Waals surface area (Å²) in [7, 11) is 1.63. The van der Waals surface area contributed by atoms with E-state index in [2.05, 4.69) is 21.0 Å². The molecule has 2 aliphatic rings. The zero-order valence-electron chi connectivity index (χ0n) is 12.2. The van der Waals surface area contributed by atoms with Gasteiger partial charge in [-0.25, -0.2) is 4.98 Å². The molecule has 2 atom stereocenters. The molecule has 2 aliphatic heterocycles. The zero-order valence-corrected chi connectivity index (χ0v) is 13.0. The Balaban J connectivity index is 1.88. The van der Waals surface area contributed by atoms with E-state index in [1.165, 1.54) is 0 Å². The van der Waals surface area contributed by atoms with Gasteiger partial charge in [0.25, 0.3) is 0 Å². The van der Waals surface area contributed by atoms with E-state index in [1.807, 2.05) is 31.5 Å². The Kier molecular flexibility index (Phi) is 2.97. The molecular weight excluding hydrogens is 300 g/mol. The summed E-state index contributed by atoms with van der Waals surface area (Å²) >= 11 is 6.41. The van der Waals surface area contributed by atoms with Crippen molar-refractivity contribution in [1.29, 1.82) is 0 Å². The molecular formula is C16H15ClN4O. The summed E-state index contributed by atoms with van der Waals surface area (Å²) in [6.45, 7) is 2.01. The van der Waals surface area contributed by atoms with Crippen LogP contribution in [0.3, 0.4) is 0 Å². The number of benzene rings is 1. The van der Waals surface area contributed by atoms with Crippen LogP contribution < -0.4 is 10.1 Å². The van der Waals surface area contributed by atoms with Crippen molar-refractivity contribution in [3.63, 3.8) is 0 Å². The van der Waals surface area contributed by atoms with Crippen molar-refractivity contribution >= 4 is 17.8 Å². The van der Waals surface area contributed by atoms with Gasteiger partial charge in [-0.2, -0.15) is 0 Å². The van der Waals surface area contributed by atoms with Crippen LogP contribution >= 0.6 is 11.6 Å². The number of aromatic nitrogens is 2. The van der Waals surface area contributed by atoms with Gasteiger partial charge in [-0.1, -0.05) is 11.6 Å². The molecule has 2 aromatic rings. The molecule has 6 heteroatoms. The van der Waals surface area contributed by atoms with Crippen molar-refractivity contribution < 1.29 is 4.74 Å². The number of nitrogens with zero attached hydrogens (tertiary/aromatic N) is 3.